The van der Waals surface area contributed by atoms with Crippen LogP contribution in [0.1, 0.15) is 27.9 Å². The molecule has 1 aliphatic rings. The molecule has 2 heterocycles. The van der Waals surface area contributed by atoms with Gasteiger partial charge in [-0.1, -0.05) is 35.6 Å². The van der Waals surface area contributed by atoms with Crippen molar-refractivity contribution >= 4 is 28.3 Å². The number of ether oxygens (including phenoxy) is 3. The normalized spacial score (nSPS) is 14.7. The van der Waals surface area contributed by atoms with Crippen LogP contribution in [0.4, 0.5) is 9.52 Å². The molecule has 166 valence electrons. The molecule has 0 fully saturated rings. The van der Waals surface area contributed by atoms with Gasteiger partial charge in [-0.25, -0.2) is 14.2 Å². The Hall–Kier alpha value is -3.46. The van der Waals surface area contributed by atoms with Gasteiger partial charge in [-0.15, -0.1) is 0 Å². The van der Waals surface area contributed by atoms with Gasteiger partial charge < -0.3 is 14.2 Å². The number of benzene rings is 2. The number of aryl methyl sites for hydroxylation is 1. The molecule has 4 rings (SSSR count). The van der Waals surface area contributed by atoms with Crippen molar-refractivity contribution in [3.63, 3.8) is 0 Å². The molecule has 9 heteroatoms. The van der Waals surface area contributed by atoms with Gasteiger partial charge >= 0.3 is 5.97 Å². The Morgan fingerprint density at radius 1 is 1.19 bits per heavy atom. The lowest BCUT2D eigenvalue weighted by molar-refractivity contribution is -0.127. The first-order valence-electron chi connectivity index (χ1n) is 10.0. The average Bonchev–Trinajstić information content (AvgIpc) is 3.19. The zero-order chi connectivity index (χ0) is 22.7. The predicted molar refractivity (Wildman–Crippen MR) is 117 cm³/mol. The highest BCUT2D eigenvalue weighted by molar-refractivity contribution is 7.17. The lowest BCUT2D eigenvalue weighted by Gasteiger charge is -2.29. The molecule has 0 N–H and O–H groups in total. The first-order valence-corrected chi connectivity index (χ1v) is 10.9. The van der Waals surface area contributed by atoms with E-state index in [0.717, 1.165) is 11.3 Å². The predicted octanol–water partition coefficient (Wildman–Crippen LogP) is 4.14. The minimum absolute atomic E-state index is 0.0326. The number of fused-ring (bicyclic) bond motifs is 1. The lowest BCUT2D eigenvalue weighted by Crippen LogP contribution is -2.46. The van der Waals surface area contributed by atoms with Crippen molar-refractivity contribution < 1.29 is 28.2 Å². The average molecular weight is 456 g/mol. The quantitative estimate of drug-likeness (QED) is 0.519. The van der Waals surface area contributed by atoms with Crippen LogP contribution in [-0.2, 0) is 16.1 Å². The Morgan fingerprint density at radius 3 is 2.62 bits per heavy atom. The molecule has 0 unspecified atom stereocenters. The SMILES string of the molecule is CCOC(=O)c1sc(N(Cc2ccc(F)cc2)C(=O)[C@@H]2COc3ccccc3O2)nc1C. The van der Waals surface area contributed by atoms with Crippen LogP contribution in [0.5, 0.6) is 11.5 Å². The summed E-state index contributed by atoms with van der Waals surface area (Å²) < 4.78 is 30.0. The fraction of sp³-hybridized carbons (Fsp3) is 0.261. The molecule has 0 saturated heterocycles. The maximum atomic E-state index is 13.5. The molecule has 1 aliphatic heterocycles. The fourth-order valence-corrected chi connectivity index (χ4v) is 4.18. The molecule has 2 aromatic carbocycles. The molecule has 3 aromatic rings. The van der Waals surface area contributed by atoms with E-state index in [9.17, 15) is 14.0 Å². The van der Waals surface area contributed by atoms with Crippen LogP contribution >= 0.6 is 11.3 Å². The summed E-state index contributed by atoms with van der Waals surface area (Å²) in [4.78, 5) is 31.9. The maximum Gasteiger partial charge on any atom is 0.350 e. The van der Waals surface area contributed by atoms with Gasteiger partial charge in [-0.3, -0.25) is 9.69 Å². The second kappa shape index (κ2) is 9.35. The summed E-state index contributed by atoms with van der Waals surface area (Å²) in [6, 6.07) is 12.9. The summed E-state index contributed by atoms with van der Waals surface area (Å²) in [7, 11) is 0. The van der Waals surface area contributed by atoms with E-state index in [1.807, 2.05) is 6.07 Å². The van der Waals surface area contributed by atoms with Crippen LogP contribution in [-0.4, -0.2) is 36.2 Å². The number of nitrogens with zero attached hydrogens (tertiary/aromatic N) is 2. The molecule has 0 bridgehead atoms. The monoisotopic (exact) mass is 456 g/mol. The molecule has 0 aliphatic carbocycles. The van der Waals surface area contributed by atoms with E-state index in [1.54, 1.807) is 44.2 Å². The van der Waals surface area contributed by atoms with E-state index in [2.05, 4.69) is 4.98 Å². The van der Waals surface area contributed by atoms with E-state index in [0.29, 0.717) is 32.8 Å². The number of hydrogen-bond donors (Lipinski definition) is 0. The van der Waals surface area contributed by atoms with Crippen molar-refractivity contribution in [1.29, 1.82) is 0 Å². The van der Waals surface area contributed by atoms with Gasteiger partial charge in [0.25, 0.3) is 5.91 Å². The van der Waals surface area contributed by atoms with Gasteiger partial charge in [0.15, 0.2) is 16.6 Å². The Balaban J connectivity index is 1.65. The minimum Gasteiger partial charge on any atom is -0.485 e. The van der Waals surface area contributed by atoms with Crippen LogP contribution in [0.25, 0.3) is 0 Å². The second-order valence-corrected chi connectivity index (χ2v) is 8.02. The molecule has 1 aromatic heterocycles. The standard InChI is InChI=1S/C23H21FN2O5S/c1-3-29-22(28)20-14(2)25-23(32-20)26(12-15-8-10-16(24)11-9-15)21(27)19-13-30-17-6-4-5-7-18(17)31-19/h4-11,19H,3,12-13H2,1-2H3/t19-/m0/s1. The summed E-state index contributed by atoms with van der Waals surface area (Å²) in [5.41, 5.74) is 1.16. The van der Waals surface area contributed by atoms with Crippen molar-refractivity contribution in [2.75, 3.05) is 18.1 Å². The number of carbonyl (C=O) groups excluding carboxylic acids is 2. The molecule has 0 radical (unpaired) electrons. The van der Waals surface area contributed by atoms with Crippen molar-refractivity contribution in [2.24, 2.45) is 0 Å². The number of thiazole rings is 1. The molecule has 0 spiro atoms. The smallest absolute Gasteiger partial charge is 0.350 e. The number of rotatable bonds is 6. The number of halogens is 1. The number of para-hydroxylation sites is 2. The Bertz CT molecular complexity index is 1130. The van der Waals surface area contributed by atoms with Crippen molar-refractivity contribution in [3.05, 3.63) is 70.5 Å². The molecule has 32 heavy (non-hydrogen) atoms. The largest absolute Gasteiger partial charge is 0.485 e. The van der Waals surface area contributed by atoms with Gasteiger partial charge in [0.05, 0.1) is 18.8 Å². The molecule has 0 saturated carbocycles. The van der Waals surface area contributed by atoms with Crippen LogP contribution in [0, 0.1) is 12.7 Å². The van der Waals surface area contributed by atoms with Gasteiger partial charge in [0, 0.05) is 0 Å². The van der Waals surface area contributed by atoms with E-state index in [4.69, 9.17) is 14.2 Å². The van der Waals surface area contributed by atoms with Crippen molar-refractivity contribution in [3.8, 4) is 11.5 Å². The minimum atomic E-state index is -0.902. The summed E-state index contributed by atoms with van der Waals surface area (Å²) in [6.45, 7) is 3.79. The Kier molecular flexibility index (Phi) is 6.36. The number of amides is 1. The number of hydrogen-bond acceptors (Lipinski definition) is 7. The van der Waals surface area contributed by atoms with Crippen molar-refractivity contribution in [2.45, 2.75) is 26.5 Å². The second-order valence-electron chi connectivity index (χ2n) is 7.05. The number of aromatic nitrogens is 1. The lowest BCUT2D eigenvalue weighted by atomic mass is 10.2. The van der Waals surface area contributed by atoms with E-state index in [1.165, 1.54) is 17.0 Å². The molecule has 1 amide bonds. The van der Waals surface area contributed by atoms with Crippen molar-refractivity contribution in [1.82, 2.24) is 4.98 Å². The Labute approximate surface area is 188 Å². The Morgan fingerprint density at radius 2 is 1.91 bits per heavy atom. The van der Waals surface area contributed by atoms with Crippen LogP contribution in [0.3, 0.4) is 0 Å². The van der Waals surface area contributed by atoms with Crippen LogP contribution < -0.4 is 14.4 Å². The molecule has 1 atom stereocenters. The van der Waals surface area contributed by atoms with E-state index >= 15 is 0 Å². The van der Waals surface area contributed by atoms with Crippen LogP contribution in [0.15, 0.2) is 48.5 Å². The molecular formula is C23H21FN2O5S. The van der Waals surface area contributed by atoms with Gasteiger partial charge in [0.1, 0.15) is 17.3 Å². The zero-order valence-corrected chi connectivity index (χ0v) is 18.4. The third-order valence-corrected chi connectivity index (χ3v) is 5.94. The third-order valence-electron chi connectivity index (χ3n) is 4.78. The number of esters is 1. The number of carbonyl (C=O) groups is 2. The first kappa shape index (κ1) is 21.8. The maximum absolute atomic E-state index is 13.5. The number of anilines is 1. The molecular weight excluding hydrogens is 435 g/mol. The summed E-state index contributed by atoms with van der Waals surface area (Å²) in [6.07, 6.45) is -0.902. The summed E-state index contributed by atoms with van der Waals surface area (Å²) >= 11 is 1.06. The highest BCUT2D eigenvalue weighted by Gasteiger charge is 2.34. The molecule has 7 nitrogen and oxygen atoms in total. The highest BCUT2D eigenvalue weighted by Crippen LogP contribution is 2.33. The van der Waals surface area contributed by atoms with Crippen LogP contribution in [0.2, 0.25) is 0 Å². The van der Waals surface area contributed by atoms with Gasteiger partial charge in [-0.05, 0) is 43.7 Å². The highest BCUT2D eigenvalue weighted by atomic mass is 32.1. The van der Waals surface area contributed by atoms with Gasteiger partial charge in [-0.2, -0.15) is 0 Å². The summed E-state index contributed by atoms with van der Waals surface area (Å²) in [5, 5.41) is 0.322. The first-order chi connectivity index (χ1) is 15.5. The summed E-state index contributed by atoms with van der Waals surface area (Å²) in [5.74, 6) is -0.207. The topological polar surface area (TPSA) is 78.0 Å². The van der Waals surface area contributed by atoms with E-state index in [-0.39, 0.29) is 31.5 Å². The van der Waals surface area contributed by atoms with Gasteiger partial charge in [0.2, 0.25) is 6.10 Å². The third kappa shape index (κ3) is 4.57. The van der Waals surface area contributed by atoms with E-state index < -0.39 is 12.1 Å². The zero-order valence-electron chi connectivity index (χ0n) is 17.5. The fourth-order valence-electron chi connectivity index (χ4n) is 3.21.